The van der Waals surface area contributed by atoms with Gasteiger partial charge in [0.2, 0.25) is 17.7 Å². The molecular weight excluding hydrogens is 198 g/mol. The summed E-state index contributed by atoms with van der Waals surface area (Å²) < 4.78 is 10.0. The molecule has 0 aliphatic rings. The minimum Gasteiger partial charge on any atom is -0.424 e. The smallest absolute Gasteiger partial charge is 0.230 e. The summed E-state index contributed by atoms with van der Waals surface area (Å²) >= 11 is 0. The van der Waals surface area contributed by atoms with Crippen LogP contribution in [-0.4, -0.2) is 26.9 Å². The van der Waals surface area contributed by atoms with Gasteiger partial charge in [-0.3, -0.25) is 0 Å². The summed E-state index contributed by atoms with van der Waals surface area (Å²) in [5.41, 5.74) is 0. The molecule has 0 amide bonds. The Balaban J connectivity index is 1.67. The lowest BCUT2D eigenvalue weighted by atomic mass is 10.4. The topological polar surface area (TPSA) is 89.9 Å². The molecule has 1 N–H and O–H groups in total. The second-order valence-corrected chi connectivity index (χ2v) is 2.98. The number of nitrogens with zero attached hydrogens (tertiary/aromatic N) is 4. The van der Waals surface area contributed by atoms with Crippen molar-refractivity contribution in [2.45, 2.75) is 19.9 Å². The molecular formula is C8H11N5O2. The first-order valence-electron chi connectivity index (χ1n) is 4.60. The summed E-state index contributed by atoms with van der Waals surface area (Å²) in [5, 5.41) is 14.2. The van der Waals surface area contributed by atoms with E-state index in [9.17, 15) is 0 Å². The van der Waals surface area contributed by atoms with Crippen LogP contribution in [0.15, 0.2) is 15.3 Å². The monoisotopic (exact) mass is 209 g/mol. The van der Waals surface area contributed by atoms with Crippen molar-refractivity contribution in [2.75, 3.05) is 6.54 Å². The quantitative estimate of drug-likeness (QED) is 0.698. The maximum atomic E-state index is 5.18. The summed E-state index contributed by atoms with van der Waals surface area (Å²) in [7, 11) is 0. The summed E-state index contributed by atoms with van der Waals surface area (Å²) in [4.78, 5) is 3.90. The highest BCUT2D eigenvalue weighted by atomic mass is 16.5. The van der Waals surface area contributed by atoms with Gasteiger partial charge in [0.25, 0.3) is 0 Å². The van der Waals surface area contributed by atoms with Crippen molar-refractivity contribution >= 4 is 0 Å². The molecule has 0 bridgehead atoms. The van der Waals surface area contributed by atoms with Crippen LogP contribution in [0.1, 0.15) is 17.7 Å². The maximum Gasteiger partial charge on any atom is 0.230 e. The van der Waals surface area contributed by atoms with Crippen LogP contribution in [0.5, 0.6) is 0 Å². The van der Waals surface area contributed by atoms with Crippen LogP contribution in [0.2, 0.25) is 0 Å². The highest BCUT2D eigenvalue weighted by Crippen LogP contribution is 1.97. The maximum absolute atomic E-state index is 5.18. The number of rotatable bonds is 5. The van der Waals surface area contributed by atoms with Crippen LogP contribution in [0.4, 0.5) is 0 Å². The Morgan fingerprint density at radius 3 is 2.93 bits per heavy atom. The van der Waals surface area contributed by atoms with Crippen LogP contribution in [-0.2, 0) is 13.0 Å². The standard InChI is InChI=1S/C8H11N5O2/c1-6-12-13-8(14-6)4-9-3-2-7-10-5-11-15-7/h5,9H,2-4H2,1H3. The Morgan fingerprint density at radius 1 is 1.33 bits per heavy atom. The van der Waals surface area contributed by atoms with Gasteiger partial charge in [0.1, 0.15) is 0 Å². The molecule has 0 aliphatic heterocycles. The van der Waals surface area contributed by atoms with Crippen LogP contribution in [0.25, 0.3) is 0 Å². The van der Waals surface area contributed by atoms with Crippen molar-refractivity contribution in [1.82, 2.24) is 25.7 Å². The third-order valence-electron chi connectivity index (χ3n) is 1.77. The van der Waals surface area contributed by atoms with Crippen molar-refractivity contribution < 1.29 is 8.94 Å². The van der Waals surface area contributed by atoms with Crippen LogP contribution in [0, 0.1) is 6.92 Å². The van der Waals surface area contributed by atoms with Crippen molar-refractivity contribution in [3.63, 3.8) is 0 Å². The highest BCUT2D eigenvalue weighted by molar-refractivity contribution is 4.79. The predicted octanol–water partition coefficient (Wildman–Crippen LogP) is 0.0933. The molecule has 0 atom stereocenters. The van der Waals surface area contributed by atoms with Gasteiger partial charge in [-0.1, -0.05) is 5.16 Å². The van der Waals surface area contributed by atoms with Gasteiger partial charge in [0.05, 0.1) is 6.54 Å². The number of aryl methyl sites for hydroxylation is 1. The van der Waals surface area contributed by atoms with E-state index in [0.717, 1.165) is 6.54 Å². The lowest BCUT2D eigenvalue weighted by Gasteiger charge is -1.97. The van der Waals surface area contributed by atoms with Crippen molar-refractivity contribution in [3.8, 4) is 0 Å². The fourth-order valence-corrected chi connectivity index (χ4v) is 1.11. The van der Waals surface area contributed by atoms with E-state index >= 15 is 0 Å². The minimum atomic E-state index is 0.551. The van der Waals surface area contributed by atoms with E-state index in [4.69, 9.17) is 8.94 Å². The first-order valence-corrected chi connectivity index (χ1v) is 4.60. The molecule has 0 radical (unpaired) electrons. The molecule has 0 saturated carbocycles. The second kappa shape index (κ2) is 4.65. The Morgan fingerprint density at radius 2 is 2.27 bits per heavy atom. The normalized spacial score (nSPS) is 10.7. The van der Waals surface area contributed by atoms with Gasteiger partial charge in [-0.25, -0.2) is 0 Å². The van der Waals surface area contributed by atoms with E-state index in [2.05, 4.69) is 25.7 Å². The molecule has 15 heavy (non-hydrogen) atoms. The number of hydrogen-bond acceptors (Lipinski definition) is 7. The van der Waals surface area contributed by atoms with E-state index in [1.165, 1.54) is 6.33 Å². The average Bonchev–Trinajstić information content (AvgIpc) is 2.84. The molecule has 0 unspecified atom stereocenters. The van der Waals surface area contributed by atoms with Gasteiger partial charge in [0, 0.05) is 19.9 Å². The summed E-state index contributed by atoms with van der Waals surface area (Å²) in [6.45, 7) is 3.04. The second-order valence-electron chi connectivity index (χ2n) is 2.98. The molecule has 0 fully saturated rings. The van der Waals surface area contributed by atoms with Crippen molar-refractivity contribution in [3.05, 3.63) is 24.0 Å². The first-order chi connectivity index (χ1) is 7.34. The zero-order valence-corrected chi connectivity index (χ0v) is 8.30. The molecule has 0 spiro atoms. The number of aromatic nitrogens is 4. The highest BCUT2D eigenvalue weighted by Gasteiger charge is 2.02. The Hall–Kier alpha value is -1.76. The lowest BCUT2D eigenvalue weighted by molar-refractivity contribution is 0.372. The molecule has 2 heterocycles. The molecule has 80 valence electrons. The SMILES string of the molecule is Cc1nnc(CNCCc2ncno2)o1. The van der Waals surface area contributed by atoms with Gasteiger partial charge < -0.3 is 14.3 Å². The van der Waals surface area contributed by atoms with Gasteiger partial charge in [-0.05, 0) is 0 Å². The summed E-state index contributed by atoms with van der Waals surface area (Å²) in [6, 6.07) is 0. The third-order valence-corrected chi connectivity index (χ3v) is 1.77. The fourth-order valence-electron chi connectivity index (χ4n) is 1.11. The van der Waals surface area contributed by atoms with Crippen LogP contribution >= 0.6 is 0 Å². The molecule has 2 aromatic heterocycles. The van der Waals surface area contributed by atoms with Crippen molar-refractivity contribution in [1.29, 1.82) is 0 Å². The summed E-state index contributed by atoms with van der Waals surface area (Å²) in [5.74, 6) is 1.77. The number of nitrogens with one attached hydrogen (secondary N) is 1. The Kier molecular flexibility index (Phi) is 3.03. The van der Waals surface area contributed by atoms with Gasteiger partial charge >= 0.3 is 0 Å². The van der Waals surface area contributed by atoms with Crippen LogP contribution < -0.4 is 5.32 Å². The fraction of sp³-hybridized carbons (Fsp3) is 0.500. The Bertz CT molecular complexity index is 397. The predicted molar refractivity (Wildman–Crippen MR) is 48.7 cm³/mol. The molecule has 0 saturated heterocycles. The minimum absolute atomic E-state index is 0.551. The zero-order chi connectivity index (χ0) is 10.5. The van der Waals surface area contributed by atoms with Gasteiger partial charge in [-0.15, -0.1) is 10.2 Å². The Labute approximate surface area is 85.9 Å². The van der Waals surface area contributed by atoms with E-state index in [-0.39, 0.29) is 0 Å². The van der Waals surface area contributed by atoms with Gasteiger partial charge in [0.15, 0.2) is 6.33 Å². The van der Waals surface area contributed by atoms with E-state index in [0.29, 0.717) is 30.6 Å². The van der Waals surface area contributed by atoms with E-state index in [1.54, 1.807) is 6.92 Å². The third kappa shape index (κ3) is 2.84. The average molecular weight is 209 g/mol. The molecule has 2 aromatic rings. The molecule has 0 aliphatic carbocycles. The van der Waals surface area contributed by atoms with Crippen LogP contribution in [0.3, 0.4) is 0 Å². The van der Waals surface area contributed by atoms with Crippen molar-refractivity contribution in [2.24, 2.45) is 0 Å². The largest absolute Gasteiger partial charge is 0.424 e. The number of hydrogen-bond donors (Lipinski definition) is 1. The van der Waals surface area contributed by atoms with E-state index < -0.39 is 0 Å². The molecule has 7 nitrogen and oxygen atoms in total. The van der Waals surface area contributed by atoms with Gasteiger partial charge in [-0.2, -0.15) is 4.98 Å². The first kappa shape index (κ1) is 9.78. The summed E-state index contributed by atoms with van der Waals surface area (Å²) in [6.07, 6.45) is 2.07. The molecule has 7 heteroatoms. The molecule has 0 aromatic carbocycles. The molecule has 2 rings (SSSR count). The zero-order valence-electron chi connectivity index (χ0n) is 8.30. The lowest BCUT2D eigenvalue weighted by Crippen LogP contribution is -2.17. The van der Waals surface area contributed by atoms with E-state index in [1.807, 2.05) is 0 Å².